The van der Waals surface area contributed by atoms with Gasteiger partial charge in [0.1, 0.15) is 23.0 Å². The first-order chi connectivity index (χ1) is 12.5. The van der Waals surface area contributed by atoms with Crippen LogP contribution in [-0.2, 0) is 11.3 Å². The molecule has 1 spiro atoms. The predicted octanol–water partition coefficient (Wildman–Crippen LogP) is 2.88. The maximum Gasteiger partial charge on any atom is 0.272 e. The van der Waals surface area contributed by atoms with Gasteiger partial charge in [0, 0.05) is 43.6 Å². The minimum atomic E-state index is -0.634. The molecule has 1 N–H and O–H groups in total. The monoisotopic (exact) mass is 355 g/mol. The highest BCUT2D eigenvalue weighted by atomic mass is 19.1. The van der Waals surface area contributed by atoms with E-state index in [1.54, 1.807) is 24.3 Å². The lowest BCUT2D eigenvalue weighted by Crippen LogP contribution is -2.50. The highest BCUT2D eigenvalue weighted by molar-refractivity contribution is 6.46. The Morgan fingerprint density at radius 2 is 1.85 bits per heavy atom. The van der Waals surface area contributed by atoms with Gasteiger partial charge in [-0.1, -0.05) is 30.3 Å². The zero-order valence-corrected chi connectivity index (χ0v) is 14.2. The molecule has 2 aliphatic rings. The number of nitrogens with zero attached hydrogens (tertiary/aromatic N) is 2. The fourth-order valence-electron chi connectivity index (χ4n) is 3.58. The number of likely N-dealkylation sites (tertiary alicyclic amines) is 1. The molecule has 4 rings (SSSR count). The van der Waals surface area contributed by atoms with E-state index in [0.29, 0.717) is 43.6 Å². The molecular weight excluding hydrogens is 336 g/mol. The van der Waals surface area contributed by atoms with E-state index >= 15 is 0 Å². The number of benzene rings is 2. The number of amides is 1. The predicted molar refractivity (Wildman–Crippen MR) is 94.7 cm³/mol. The molecule has 2 aromatic rings. The van der Waals surface area contributed by atoms with Gasteiger partial charge in [0.15, 0.2) is 0 Å². The summed E-state index contributed by atoms with van der Waals surface area (Å²) in [5.74, 6) is -0.856. The average Bonchev–Trinajstić information content (AvgIpc) is 2.95. The molecule has 0 atom stereocenters. The summed E-state index contributed by atoms with van der Waals surface area (Å²) in [5.41, 5.74) is 0.813. The van der Waals surface area contributed by atoms with Crippen molar-refractivity contribution in [2.75, 3.05) is 13.1 Å². The normalized spacial score (nSPS) is 19.5. The van der Waals surface area contributed by atoms with Gasteiger partial charge in [0.25, 0.3) is 5.91 Å². The molecule has 2 heterocycles. The molecule has 1 amide bonds. The van der Waals surface area contributed by atoms with Crippen LogP contribution in [0.5, 0.6) is 0 Å². The Morgan fingerprint density at radius 3 is 2.58 bits per heavy atom. The number of carbonyl (C=O) groups is 1. The van der Waals surface area contributed by atoms with Crippen LogP contribution in [0.2, 0.25) is 0 Å². The Labute approximate surface area is 150 Å². The van der Waals surface area contributed by atoms with E-state index in [1.165, 1.54) is 18.2 Å². The minimum absolute atomic E-state index is 0.201. The molecule has 2 aromatic carbocycles. The summed E-state index contributed by atoms with van der Waals surface area (Å²) in [4.78, 5) is 19.1. The molecule has 2 aliphatic heterocycles. The summed E-state index contributed by atoms with van der Waals surface area (Å²) in [6, 6.07) is 12.7. The largest absolute Gasteiger partial charge is 0.326 e. The molecule has 0 aliphatic carbocycles. The molecule has 26 heavy (non-hydrogen) atoms. The van der Waals surface area contributed by atoms with Crippen LogP contribution < -0.4 is 5.32 Å². The molecule has 1 fully saturated rings. The van der Waals surface area contributed by atoms with E-state index < -0.39 is 11.5 Å². The molecule has 134 valence electrons. The van der Waals surface area contributed by atoms with Crippen molar-refractivity contribution in [1.82, 2.24) is 10.2 Å². The summed E-state index contributed by atoms with van der Waals surface area (Å²) in [7, 11) is 0. The lowest BCUT2D eigenvalue weighted by atomic mass is 9.97. The van der Waals surface area contributed by atoms with Gasteiger partial charge in [-0.05, 0) is 18.2 Å². The molecule has 0 unspecified atom stereocenters. The van der Waals surface area contributed by atoms with Gasteiger partial charge < -0.3 is 5.32 Å². The van der Waals surface area contributed by atoms with Crippen LogP contribution in [-0.4, -0.2) is 35.3 Å². The molecule has 4 nitrogen and oxygen atoms in total. The number of hydrogen-bond acceptors (Lipinski definition) is 3. The minimum Gasteiger partial charge on any atom is -0.326 e. The molecule has 6 heteroatoms. The lowest BCUT2D eigenvalue weighted by Gasteiger charge is -2.37. The van der Waals surface area contributed by atoms with Crippen LogP contribution >= 0.6 is 0 Å². The lowest BCUT2D eigenvalue weighted by molar-refractivity contribution is -0.115. The third-order valence-electron chi connectivity index (χ3n) is 5.02. The molecular formula is C20H19F2N3O. The molecule has 0 aromatic heterocycles. The number of carbonyl (C=O) groups excluding carboxylic acids is 1. The Morgan fingerprint density at radius 1 is 1.08 bits per heavy atom. The molecule has 1 saturated heterocycles. The maximum atomic E-state index is 13.8. The van der Waals surface area contributed by atoms with E-state index in [0.717, 1.165) is 0 Å². The Hall–Kier alpha value is -2.60. The first kappa shape index (κ1) is 16.8. The second-order valence-corrected chi connectivity index (χ2v) is 6.82. The average molecular weight is 355 g/mol. The summed E-state index contributed by atoms with van der Waals surface area (Å²) < 4.78 is 27.3. The number of aliphatic imine (C=N–C) groups is 1. The smallest absolute Gasteiger partial charge is 0.272 e. The van der Waals surface area contributed by atoms with Crippen LogP contribution in [0.3, 0.4) is 0 Å². The van der Waals surface area contributed by atoms with Gasteiger partial charge in [0.2, 0.25) is 0 Å². The van der Waals surface area contributed by atoms with Crippen molar-refractivity contribution < 1.29 is 13.6 Å². The topological polar surface area (TPSA) is 44.7 Å². The Bertz CT molecular complexity index is 873. The van der Waals surface area contributed by atoms with Crippen molar-refractivity contribution in [1.29, 1.82) is 0 Å². The van der Waals surface area contributed by atoms with Crippen molar-refractivity contribution in [2.24, 2.45) is 4.99 Å². The summed E-state index contributed by atoms with van der Waals surface area (Å²) in [6.07, 6.45) is 1.29. The first-order valence-corrected chi connectivity index (χ1v) is 8.69. The summed E-state index contributed by atoms with van der Waals surface area (Å²) >= 11 is 0. The van der Waals surface area contributed by atoms with Crippen molar-refractivity contribution in [3.05, 3.63) is 71.3 Å². The fourth-order valence-corrected chi connectivity index (χ4v) is 3.58. The Balaban J connectivity index is 1.47. The van der Waals surface area contributed by atoms with Crippen LogP contribution in [0.1, 0.15) is 24.0 Å². The van der Waals surface area contributed by atoms with E-state index in [4.69, 9.17) is 0 Å². The van der Waals surface area contributed by atoms with Crippen LogP contribution in [0, 0.1) is 11.6 Å². The third-order valence-corrected chi connectivity index (χ3v) is 5.02. The third kappa shape index (κ3) is 3.24. The SMILES string of the molecule is O=C1NC2(CCN(Cc3ccccc3F)CC2)N=C1c1cccc(F)c1. The second-order valence-electron chi connectivity index (χ2n) is 6.82. The zero-order valence-electron chi connectivity index (χ0n) is 14.2. The molecule has 0 bridgehead atoms. The molecule has 0 saturated carbocycles. The van der Waals surface area contributed by atoms with E-state index in [9.17, 15) is 13.6 Å². The highest BCUT2D eigenvalue weighted by Gasteiger charge is 2.42. The summed E-state index contributed by atoms with van der Waals surface area (Å²) in [5, 5.41) is 2.97. The number of rotatable bonds is 3. The standard InChI is InChI=1S/C20H19F2N3O/c21-16-6-3-5-14(12-16)18-19(26)24-20(23-18)8-10-25(11-9-20)13-15-4-1-2-7-17(15)22/h1-7,12H,8-11,13H2,(H,24,26). The van der Waals surface area contributed by atoms with Gasteiger partial charge in [-0.15, -0.1) is 0 Å². The van der Waals surface area contributed by atoms with Crippen molar-refractivity contribution in [3.63, 3.8) is 0 Å². The maximum absolute atomic E-state index is 13.8. The van der Waals surface area contributed by atoms with Gasteiger partial charge in [0.05, 0.1) is 0 Å². The van der Waals surface area contributed by atoms with Crippen LogP contribution in [0.15, 0.2) is 53.5 Å². The number of halogens is 2. The number of piperidine rings is 1. The first-order valence-electron chi connectivity index (χ1n) is 8.69. The van der Waals surface area contributed by atoms with Gasteiger partial charge in [-0.25, -0.2) is 8.78 Å². The number of hydrogen-bond donors (Lipinski definition) is 1. The van der Waals surface area contributed by atoms with E-state index in [2.05, 4.69) is 15.2 Å². The van der Waals surface area contributed by atoms with E-state index in [1.807, 2.05) is 6.07 Å². The van der Waals surface area contributed by atoms with Crippen LogP contribution in [0.4, 0.5) is 8.78 Å². The van der Waals surface area contributed by atoms with Crippen molar-refractivity contribution >= 4 is 11.6 Å². The molecule has 0 radical (unpaired) electrons. The number of nitrogens with one attached hydrogen (secondary N) is 1. The highest BCUT2D eigenvalue weighted by Crippen LogP contribution is 2.29. The van der Waals surface area contributed by atoms with Crippen molar-refractivity contribution in [2.45, 2.75) is 25.0 Å². The van der Waals surface area contributed by atoms with Gasteiger partial charge >= 0.3 is 0 Å². The second kappa shape index (κ2) is 6.61. The zero-order chi connectivity index (χ0) is 18.1. The fraction of sp³-hybridized carbons (Fsp3) is 0.300. The van der Waals surface area contributed by atoms with E-state index in [-0.39, 0.29) is 17.4 Å². The van der Waals surface area contributed by atoms with Gasteiger partial charge in [-0.2, -0.15) is 0 Å². The van der Waals surface area contributed by atoms with Crippen LogP contribution in [0.25, 0.3) is 0 Å². The van der Waals surface area contributed by atoms with Crippen molar-refractivity contribution in [3.8, 4) is 0 Å². The van der Waals surface area contributed by atoms with Gasteiger partial charge in [-0.3, -0.25) is 14.7 Å². The Kier molecular flexibility index (Phi) is 4.28. The summed E-state index contributed by atoms with van der Waals surface area (Å²) in [6.45, 7) is 1.94. The quantitative estimate of drug-likeness (QED) is 0.920.